The Balaban J connectivity index is 1.63. The first-order chi connectivity index (χ1) is 12.9. The van der Waals surface area contributed by atoms with E-state index < -0.39 is 5.41 Å². The van der Waals surface area contributed by atoms with E-state index in [1.54, 1.807) is 30.3 Å². The van der Waals surface area contributed by atoms with Crippen molar-refractivity contribution >= 4 is 40.7 Å². The molecule has 0 aliphatic heterocycles. The van der Waals surface area contributed by atoms with Gasteiger partial charge in [-0.2, -0.15) is 0 Å². The summed E-state index contributed by atoms with van der Waals surface area (Å²) < 4.78 is 0. The number of hydrogen-bond acceptors (Lipinski definition) is 3. The monoisotopic (exact) mass is 385 g/mol. The third kappa shape index (κ3) is 4.46. The lowest BCUT2D eigenvalue weighted by atomic mass is 10.0. The molecule has 1 saturated carbocycles. The van der Waals surface area contributed by atoms with Gasteiger partial charge in [0.25, 0.3) is 0 Å². The molecule has 0 atom stereocenters. The number of carbonyl (C=O) groups is 3. The van der Waals surface area contributed by atoms with E-state index in [0.29, 0.717) is 29.2 Å². The highest BCUT2D eigenvalue weighted by Crippen LogP contribution is 2.47. The van der Waals surface area contributed by atoms with E-state index >= 15 is 0 Å². The Hall–Kier alpha value is -2.86. The van der Waals surface area contributed by atoms with Gasteiger partial charge in [0, 0.05) is 29.9 Å². The lowest BCUT2D eigenvalue weighted by Crippen LogP contribution is -2.39. The zero-order chi connectivity index (χ0) is 19.4. The van der Waals surface area contributed by atoms with Crippen molar-refractivity contribution in [3.8, 4) is 0 Å². The van der Waals surface area contributed by atoms with Crippen LogP contribution in [0.3, 0.4) is 0 Å². The van der Waals surface area contributed by atoms with Gasteiger partial charge in [-0.25, -0.2) is 0 Å². The lowest BCUT2D eigenvalue weighted by Gasteiger charge is -2.16. The van der Waals surface area contributed by atoms with Gasteiger partial charge in [-0.3, -0.25) is 14.4 Å². The molecule has 0 aromatic heterocycles. The number of benzene rings is 2. The summed E-state index contributed by atoms with van der Waals surface area (Å²) in [5.41, 5.74) is 0.849. The molecular weight excluding hydrogens is 366 g/mol. The molecule has 0 heterocycles. The van der Waals surface area contributed by atoms with Gasteiger partial charge in [0.2, 0.25) is 17.7 Å². The maximum Gasteiger partial charge on any atom is 0.240 e. The van der Waals surface area contributed by atoms with Gasteiger partial charge in [-0.05, 0) is 42.7 Å². The van der Waals surface area contributed by atoms with Gasteiger partial charge in [0.05, 0.1) is 0 Å². The summed E-state index contributed by atoms with van der Waals surface area (Å²) in [6.07, 6.45) is 0.997. The predicted molar refractivity (Wildman–Crippen MR) is 104 cm³/mol. The van der Waals surface area contributed by atoms with Crippen molar-refractivity contribution in [1.82, 2.24) is 5.32 Å². The van der Waals surface area contributed by atoms with E-state index in [2.05, 4.69) is 16.0 Å². The summed E-state index contributed by atoms with van der Waals surface area (Å²) in [7, 11) is 0. The molecule has 3 N–H and O–H groups in total. The largest absolute Gasteiger partial charge is 0.351 e. The molecule has 3 amide bonds. The SMILES string of the molecule is CC(=O)Nc1cccc(NC(=O)C2(C(=O)NCc3ccccc3Cl)CC2)c1. The first kappa shape index (κ1) is 18.9. The Bertz CT molecular complexity index is 894. The van der Waals surface area contributed by atoms with Crippen molar-refractivity contribution in [1.29, 1.82) is 0 Å². The van der Waals surface area contributed by atoms with E-state index in [9.17, 15) is 14.4 Å². The van der Waals surface area contributed by atoms with Crippen molar-refractivity contribution in [3.63, 3.8) is 0 Å². The lowest BCUT2D eigenvalue weighted by molar-refractivity contribution is -0.134. The fourth-order valence-corrected chi connectivity index (χ4v) is 3.00. The molecule has 0 radical (unpaired) electrons. The highest BCUT2D eigenvalue weighted by atomic mass is 35.5. The van der Waals surface area contributed by atoms with Gasteiger partial charge < -0.3 is 16.0 Å². The molecule has 2 aromatic carbocycles. The third-order valence-electron chi connectivity index (χ3n) is 4.46. The molecule has 1 aliphatic carbocycles. The molecule has 7 heteroatoms. The average molecular weight is 386 g/mol. The normalized spacial score (nSPS) is 14.1. The number of anilines is 2. The minimum atomic E-state index is -1.05. The van der Waals surface area contributed by atoms with Crippen LogP contribution in [-0.2, 0) is 20.9 Å². The molecule has 6 nitrogen and oxygen atoms in total. The summed E-state index contributed by atoms with van der Waals surface area (Å²) >= 11 is 6.10. The van der Waals surface area contributed by atoms with Crippen LogP contribution in [0, 0.1) is 5.41 Å². The zero-order valence-corrected chi connectivity index (χ0v) is 15.6. The first-order valence-corrected chi connectivity index (χ1v) is 8.99. The van der Waals surface area contributed by atoms with Crippen LogP contribution in [0.4, 0.5) is 11.4 Å². The van der Waals surface area contributed by atoms with Crippen LogP contribution in [0.25, 0.3) is 0 Å². The van der Waals surface area contributed by atoms with Crippen LogP contribution in [0.2, 0.25) is 5.02 Å². The van der Waals surface area contributed by atoms with E-state index in [4.69, 9.17) is 11.6 Å². The molecule has 3 rings (SSSR count). The van der Waals surface area contributed by atoms with Gasteiger partial charge in [0.1, 0.15) is 5.41 Å². The predicted octanol–water partition coefficient (Wildman–Crippen LogP) is 3.33. The fourth-order valence-electron chi connectivity index (χ4n) is 2.80. The molecule has 1 aliphatic rings. The number of nitrogens with one attached hydrogen (secondary N) is 3. The number of carbonyl (C=O) groups excluding carboxylic acids is 3. The van der Waals surface area contributed by atoms with Crippen LogP contribution in [0.15, 0.2) is 48.5 Å². The van der Waals surface area contributed by atoms with Crippen LogP contribution in [0.5, 0.6) is 0 Å². The van der Waals surface area contributed by atoms with Gasteiger partial charge in [-0.1, -0.05) is 35.9 Å². The third-order valence-corrected chi connectivity index (χ3v) is 4.83. The van der Waals surface area contributed by atoms with Crippen LogP contribution in [-0.4, -0.2) is 17.7 Å². The molecule has 0 bridgehead atoms. The van der Waals surface area contributed by atoms with Crippen molar-refractivity contribution in [2.45, 2.75) is 26.3 Å². The van der Waals surface area contributed by atoms with Gasteiger partial charge in [-0.15, -0.1) is 0 Å². The summed E-state index contributed by atoms with van der Waals surface area (Å²) in [4.78, 5) is 36.4. The highest BCUT2D eigenvalue weighted by Gasteiger charge is 2.56. The average Bonchev–Trinajstić information content (AvgIpc) is 3.42. The Kier molecular flexibility index (Phi) is 5.46. The second-order valence-electron chi connectivity index (χ2n) is 6.57. The highest BCUT2D eigenvalue weighted by molar-refractivity contribution is 6.31. The molecule has 140 valence electrons. The summed E-state index contributed by atoms with van der Waals surface area (Å²) in [5.74, 6) is -0.854. The second-order valence-corrected chi connectivity index (χ2v) is 6.98. The fraction of sp³-hybridized carbons (Fsp3) is 0.250. The molecule has 0 saturated heterocycles. The van der Waals surface area contributed by atoms with Crippen molar-refractivity contribution in [3.05, 3.63) is 59.1 Å². The Morgan fingerprint density at radius 3 is 2.26 bits per heavy atom. The van der Waals surface area contributed by atoms with Gasteiger partial charge >= 0.3 is 0 Å². The molecular formula is C20H20ClN3O3. The van der Waals surface area contributed by atoms with E-state index in [0.717, 1.165) is 5.56 Å². The van der Waals surface area contributed by atoms with E-state index in [1.807, 2.05) is 18.2 Å². The molecule has 2 aromatic rings. The minimum Gasteiger partial charge on any atom is -0.351 e. The van der Waals surface area contributed by atoms with E-state index in [-0.39, 0.29) is 24.3 Å². The summed E-state index contributed by atoms with van der Waals surface area (Å²) in [6, 6.07) is 14.0. The Morgan fingerprint density at radius 2 is 1.63 bits per heavy atom. The molecule has 27 heavy (non-hydrogen) atoms. The standard InChI is InChI=1S/C20H20ClN3O3/c1-13(25)23-15-6-4-7-16(11-15)24-19(27)20(9-10-20)18(26)22-12-14-5-2-3-8-17(14)21/h2-8,11H,9-10,12H2,1H3,(H,22,26)(H,23,25)(H,24,27). The maximum absolute atomic E-state index is 12.7. The molecule has 1 fully saturated rings. The van der Waals surface area contributed by atoms with Crippen molar-refractivity contribution < 1.29 is 14.4 Å². The van der Waals surface area contributed by atoms with Crippen LogP contribution < -0.4 is 16.0 Å². The van der Waals surface area contributed by atoms with Crippen molar-refractivity contribution in [2.75, 3.05) is 10.6 Å². The van der Waals surface area contributed by atoms with E-state index in [1.165, 1.54) is 6.92 Å². The van der Waals surface area contributed by atoms with Crippen LogP contribution in [0.1, 0.15) is 25.3 Å². The van der Waals surface area contributed by atoms with Crippen LogP contribution >= 0.6 is 11.6 Å². The number of hydrogen-bond donors (Lipinski definition) is 3. The zero-order valence-electron chi connectivity index (χ0n) is 14.8. The minimum absolute atomic E-state index is 0.198. The first-order valence-electron chi connectivity index (χ1n) is 8.61. The summed E-state index contributed by atoms with van der Waals surface area (Å²) in [6.45, 7) is 1.68. The Morgan fingerprint density at radius 1 is 0.963 bits per heavy atom. The molecule has 0 spiro atoms. The Labute approximate surface area is 162 Å². The molecule has 0 unspecified atom stereocenters. The number of halogens is 1. The van der Waals surface area contributed by atoms with Crippen molar-refractivity contribution in [2.24, 2.45) is 5.41 Å². The van der Waals surface area contributed by atoms with Gasteiger partial charge in [0.15, 0.2) is 0 Å². The number of amides is 3. The number of rotatable bonds is 6. The quantitative estimate of drug-likeness (QED) is 0.666. The summed E-state index contributed by atoms with van der Waals surface area (Å²) in [5, 5.41) is 8.81. The second kappa shape index (κ2) is 7.80. The maximum atomic E-state index is 12.7. The topological polar surface area (TPSA) is 87.3 Å². The smallest absolute Gasteiger partial charge is 0.240 e.